The molecule has 2 aromatic rings. The maximum Gasteiger partial charge on any atom is 0.234 e. The van der Waals surface area contributed by atoms with Crippen molar-refractivity contribution in [1.82, 2.24) is 10.2 Å². The van der Waals surface area contributed by atoms with E-state index < -0.39 is 0 Å². The molecule has 1 fully saturated rings. The van der Waals surface area contributed by atoms with Crippen LogP contribution in [0.1, 0.15) is 36.9 Å². The summed E-state index contributed by atoms with van der Waals surface area (Å²) in [5.41, 5.74) is 2.13. The van der Waals surface area contributed by atoms with Crippen molar-refractivity contribution in [2.24, 2.45) is 0 Å². The molecule has 1 unspecified atom stereocenters. The van der Waals surface area contributed by atoms with E-state index in [4.69, 9.17) is 14.2 Å². The standard InChI is InChI=1S/C23H30N2O4/c1-4-29-19-8-5-7-17(13-19)15-24-23(26)16-25-12-6-9-21(25)20-11-10-18(27-2)14-22(20)28-3/h5,7-8,10-11,13-14,21H,4,6,9,12,15-16H2,1-3H3,(H,24,26). The zero-order valence-corrected chi connectivity index (χ0v) is 17.4. The third-order valence-corrected chi connectivity index (χ3v) is 5.21. The summed E-state index contributed by atoms with van der Waals surface area (Å²) in [7, 11) is 3.31. The van der Waals surface area contributed by atoms with Gasteiger partial charge in [0.15, 0.2) is 0 Å². The predicted octanol–water partition coefficient (Wildman–Crippen LogP) is 3.56. The Morgan fingerprint density at radius 3 is 2.76 bits per heavy atom. The van der Waals surface area contributed by atoms with E-state index in [1.54, 1.807) is 14.2 Å². The van der Waals surface area contributed by atoms with Gasteiger partial charge in [0.05, 0.1) is 27.4 Å². The van der Waals surface area contributed by atoms with E-state index in [9.17, 15) is 4.79 Å². The largest absolute Gasteiger partial charge is 0.497 e. The van der Waals surface area contributed by atoms with Gasteiger partial charge >= 0.3 is 0 Å². The second-order valence-electron chi connectivity index (χ2n) is 7.09. The number of rotatable bonds is 9. The molecule has 156 valence electrons. The van der Waals surface area contributed by atoms with Gasteiger partial charge in [0, 0.05) is 24.2 Å². The Hall–Kier alpha value is -2.73. The number of hydrogen-bond acceptors (Lipinski definition) is 5. The van der Waals surface area contributed by atoms with E-state index in [1.165, 1.54) is 0 Å². The number of ether oxygens (including phenoxy) is 3. The van der Waals surface area contributed by atoms with Crippen molar-refractivity contribution < 1.29 is 19.0 Å². The Bertz CT molecular complexity index is 824. The molecule has 3 rings (SSSR count). The number of nitrogens with zero attached hydrogens (tertiary/aromatic N) is 1. The van der Waals surface area contributed by atoms with Crippen LogP contribution in [-0.4, -0.2) is 44.7 Å². The Morgan fingerprint density at radius 1 is 1.14 bits per heavy atom. The molecule has 1 N–H and O–H groups in total. The fourth-order valence-corrected chi connectivity index (χ4v) is 3.81. The van der Waals surface area contributed by atoms with E-state index in [-0.39, 0.29) is 11.9 Å². The van der Waals surface area contributed by atoms with Gasteiger partial charge in [-0.3, -0.25) is 9.69 Å². The molecule has 0 saturated carbocycles. The van der Waals surface area contributed by atoms with Gasteiger partial charge in [-0.05, 0) is 50.1 Å². The van der Waals surface area contributed by atoms with Crippen molar-refractivity contribution in [3.05, 3.63) is 53.6 Å². The van der Waals surface area contributed by atoms with E-state index in [0.29, 0.717) is 19.7 Å². The summed E-state index contributed by atoms with van der Waals surface area (Å²) in [5.74, 6) is 2.41. The van der Waals surface area contributed by atoms with Crippen LogP contribution in [0.4, 0.5) is 0 Å². The lowest BCUT2D eigenvalue weighted by Crippen LogP contribution is -2.36. The Labute approximate surface area is 172 Å². The first-order chi connectivity index (χ1) is 14.1. The third-order valence-electron chi connectivity index (χ3n) is 5.21. The average Bonchev–Trinajstić information content (AvgIpc) is 3.20. The molecule has 29 heavy (non-hydrogen) atoms. The molecular formula is C23H30N2O4. The number of benzene rings is 2. The Kier molecular flexibility index (Phi) is 7.36. The molecule has 1 amide bonds. The van der Waals surface area contributed by atoms with Gasteiger partial charge in [-0.25, -0.2) is 0 Å². The summed E-state index contributed by atoms with van der Waals surface area (Å²) >= 11 is 0. The Balaban J connectivity index is 1.60. The van der Waals surface area contributed by atoms with Gasteiger partial charge in [0.1, 0.15) is 17.2 Å². The number of likely N-dealkylation sites (tertiary alicyclic amines) is 1. The normalized spacial score (nSPS) is 16.4. The van der Waals surface area contributed by atoms with Gasteiger partial charge in [0.25, 0.3) is 0 Å². The lowest BCUT2D eigenvalue weighted by molar-refractivity contribution is -0.122. The van der Waals surface area contributed by atoms with Gasteiger partial charge in [-0.1, -0.05) is 18.2 Å². The van der Waals surface area contributed by atoms with Crippen LogP contribution in [0.25, 0.3) is 0 Å². The summed E-state index contributed by atoms with van der Waals surface area (Å²) in [4.78, 5) is 14.8. The van der Waals surface area contributed by atoms with Crippen LogP contribution in [0.2, 0.25) is 0 Å². The number of nitrogens with one attached hydrogen (secondary N) is 1. The molecule has 0 radical (unpaired) electrons. The van der Waals surface area contributed by atoms with Crippen molar-refractivity contribution in [1.29, 1.82) is 0 Å². The van der Waals surface area contributed by atoms with Crippen molar-refractivity contribution in [3.8, 4) is 17.2 Å². The van der Waals surface area contributed by atoms with Crippen LogP contribution in [-0.2, 0) is 11.3 Å². The third kappa shape index (κ3) is 5.41. The van der Waals surface area contributed by atoms with Gasteiger partial charge in [0.2, 0.25) is 5.91 Å². The minimum atomic E-state index is 0.0196. The van der Waals surface area contributed by atoms with Gasteiger partial charge in [-0.2, -0.15) is 0 Å². The molecule has 6 nitrogen and oxygen atoms in total. The van der Waals surface area contributed by atoms with Crippen molar-refractivity contribution in [2.75, 3.05) is 33.9 Å². The first-order valence-corrected chi connectivity index (χ1v) is 10.1. The van der Waals surface area contributed by atoms with Gasteiger partial charge in [-0.15, -0.1) is 0 Å². The molecule has 1 atom stereocenters. The molecular weight excluding hydrogens is 368 g/mol. The SMILES string of the molecule is CCOc1cccc(CNC(=O)CN2CCCC2c2ccc(OC)cc2OC)c1. The fraction of sp³-hybridized carbons (Fsp3) is 0.435. The number of methoxy groups -OCH3 is 2. The highest BCUT2D eigenvalue weighted by Gasteiger charge is 2.29. The highest BCUT2D eigenvalue weighted by molar-refractivity contribution is 5.78. The first-order valence-electron chi connectivity index (χ1n) is 10.1. The molecule has 1 heterocycles. The number of carbonyl (C=O) groups excluding carboxylic acids is 1. The van der Waals surface area contributed by atoms with Crippen molar-refractivity contribution in [3.63, 3.8) is 0 Å². The van der Waals surface area contributed by atoms with Crippen molar-refractivity contribution in [2.45, 2.75) is 32.4 Å². The topological polar surface area (TPSA) is 60.0 Å². The summed E-state index contributed by atoms with van der Waals surface area (Å²) in [5, 5.41) is 3.03. The second kappa shape index (κ2) is 10.2. The first kappa shape index (κ1) is 21.0. The van der Waals surface area contributed by atoms with E-state index in [2.05, 4.69) is 10.2 Å². The van der Waals surface area contributed by atoms with Crippen LogP contribution < -0.4 is 19.5 Å². The fourth-order valence-electron chi connectivity index (χ4n) is 3.81. The van der Waals surface area contributed by atoms with Gasteiger partial charge < -0.3 is 19.5 Å². The minimum Gasteiger partial charge on any atom is -0.497 e. The molecule has 1 aliphatic rings. The monoisotopic (exact) mass is 398 g/mol. The summed E-state index contributed by atoms with van der Waals surface area (Å²) in [6.45, 7) is 4.34. The quantitative estimate of drug-likeness (QED) is 0.700. The van der Waals surface area contributed by atoms with Crippen LogP contribution >= 0.6 is 0 Å². The van der Waals surface area contributed by atoms with E-state index in [0.717, 1.165) is 47.8 Å². The average molecular weight is 399 g/mol. The molecule has 6 heteroatoms. The highest BCUT2D eigenvalue weighted by atomic mass is 16.5. The van der Waals surface area contributed by atoms with Crippen LogP contribution in [0.5, 0.6) is 17.2 Å². The van der Waals surface area contributed by atoms with Crippen LogP contribution in [0.3, 0.4) is 0 Å². The molecule has 2 aromatic carbocycles. The molecule has 0 spiro atoms. The molecule has 1 saturated heterocycles. The van der Waals surface area contributed by atoms with E-state index in [1.807, 2.05) is 49.4 Å². The zero-order valence-electron chi connectivity index (χ0n) is 17.4. The molecule has 0 aliphatic carbocycles. The van der Waals surface area contributed by atoms with E-state index >= 15 is 0 Å². The molecule has 0 aromatic heterocycles. The number of carbonyl (C=O) groups is 1. The van der Waals surface area contributed by atoms with Crippen LogP contribution in [0.15, 0.2) is 42.5 Å². The van der Waals surface area contributed by atoms with Crippen molar-refractivity contribution >= 4 is 5.91 Å². The van der Waals surface area contributed by atoms with Crippen LogP contribution in [0, 0.1) is 0 Å². The molecule has 1 aliphatic heterocycles. The lowest BCUT2D eigenvalue weighted by Gasteiger charge is -2.26. The maximum atomic E-state index is 12.6. The zero-order chi connectivity index (χ0) is 20.6. The maximum absolute atomic E-state index is 12.6. The summed E-state index contributed by atoms with van der Waals surface area (Å²) in [6, 6.07) is 13.9. The highest BCUT2D eigenvalue weighted by Crippen LogP contribution is 2.38. The predicted molar refractivity (Wildman–Crippen MR) is 113 cm³/mol. The second-order valence-corrected chi connectivity index (χ2v) is 7.09. The smallest absolute Gasteiger partial charge is 0.234 e. The lowest BCUT2D eigenvalue weighted by atomic mass is 10.0. The minimum absolute atomic E-state index is 0.0196. The number of amides is 1. The molecule has 0 bridgehead atoms. The summed E-state index contributed by atoms with van der Waals surface area (Å²) < 4.78 is 16.4. The number of hydrogen-bond donors (Lipinski definition) is 1. The summed E-state index contributed by atoms with van der Waals surface area (Å²) in [6.07, 6.45) is 2.07. The Morgan fingerprint density at radius 2 is 2.00 bits per heavy atom.